The highest BCUT2D eigenvalue weighted by molar-refractivity contribution is 7.11. The summed E-state index contributed by atoms with van der Waals surface area (Å²) in [5, 5.41) is 14.6. The van der Waals surface area contributed by atoms with Crippen molar-refractivity contribution in [3.05, 3.63) is 50.9 Å². The smallest absolute Gasteiger partial charge is 0.365 e. The second kappa shape index (κ2) is 6.14. The molecule has 4 nitrogen and oxygen atoms in total. The molecule has 0 radical (unpaired) electrons. The van der Waals surface area contributed by atoms with Gasteiger partial charge in [0.1, 0.15) is 0 Å². The van der Waals surface area contributed by atoms with Crippen LogP contribution in [0.4, 0.5) is 0 Å². The summed E-state index contributed by atoms with van der Waals surface area (Å²) in [6.07, 6.45) is 0. The third-order valence-electron chi connectivity index (χ3n) is 2.70. The Morgan fingerprint density at radius 1 is 1.53 bits per heavy atom. The van der Waals surface area contributed by atoms with Crippen LogP contribution < -0.4 is 5.32 Å². The quantitative estimate of drug-likeness (QED) is 0.888. The number of halogens is 1. The molecule has 0 bridgehead atoms. The van der Waals surface area contributed by atoms with E-state index in [9.17, 15) is 4.79 Å². The van der Waals surface area contributed by atoms with E-state index in [0.29, 0.717) is 11.6 Å². The summed E-state index contributed by atoms with van der Waals surface area (Å²) >= 11 is 7.25. The van der Waals surface area contributed by atoms with Gasteiger partial charge in [-0.25, -0.2) is 9.78 Å². The number of nitrogens with one attached hydrogen (secondary N) is 1. The average molecular weight is 297 g/mol. The molecule has 0 spiro atoms. The molecule has 0 unspecified atom stereocenters. The number of nitrogens with zero attached hydrogens (tertiary/aromatic N) is 1. The van der Waals surface area contributed by atoms with Crippen molar-refractivity contribution in [1.82, 2.24) is 10.3 Å². The normalized spacial score (nSPS) is 12.3. The Kier molecular flexibility index (Phi) is 4.52. The van der Waals surface area contributed by atoms with Gasteiger partial charge in [0.05, 0.1) is 5.69 Å². The van der Waals surface area contributed by atoms with Crippen molar-refractivity contribution in [2.24, 2.45) is 0 Å². The summed E-state index contributed by atoms with van der Waals surface area (Å²) < 4.78 is 0. The van der Waals surface area contributed by atoms with Gasteiger partial charge < -0.3 is 10.4 Å². The van der Waals surface area contributed by atoms with E-state index < -0.39 is 5.97 Å². The zero-order valence-electron chi connectivity index (χ0n) is 10.3. The SMILES string of the molecule is C[C@H](NCc1csc(C(=O)O)n1)c1ccccc1Cl. The van der Waals surface area contributed by atoms with Gasteiger partial charge in [-0.1, -0.05) is 29.8 Å². The Labute approximate surface area is 120 Å². The lowest BCUT2D eigenvalue weighted by Crippen LogP contribution is -2.18. The molecule has 0 fully saturated rings. The van der Waals surface area contributed by atoms with Crippen LogP contribution in [-0.4, -0.2) is 16.1 Å². The molecule has 0 saturated heterocycles. The molecule has 100 valence electrons. The monoisotopic (exact) mass is 296 g/mol. The Morgan fingerprint density at radius 2 is 2.26 bits per heavy atom. The van der Waals surface area contributed by atoms with Crippen molar-refractivity contribution < 1.29 is 9.90 Å². The molecule has 19 heavy (non-hydrogen) atoms. The van der Waals surface area contributed by atoms with Gasteiger partial charge in [0.15, 0.2) is 0 Å². The van der Waals surface area contributed by atoms with E-state index in [1.54, 1.807) is 5.38 Å². The van der Waals surface area contributed by atoms with E-state index in [-0.39, 0.29) is 11.0 Å². The molecule has 1 aromatic carbocycles. The van der Waals surface area contributed by atoms with Crippen LogP contribution in [-0.2, 0) is 6.54 Å². The predicted molar refractivity (Wildman–Crippen MR) is 75.8 cm³/mol. The maximum absolute atomic E-state index is 10.7. The van der Waals surface area contributed by atoms with Crippen LogP contribution in [0.15, 0.2) is 29.6 Å². The van der Waals surface area contributed by atoms with Crippen LogP contribution in [0.5, 0.6) is 0 Å². The number of aromatic carboxylic acids is 1. The average Bonchev–Trinajstić information content (AvgIpc) is 2.85. The maximum Gasteiger partial charge on any atom is 0.365 e. The first-order chi connectivity index (χ1) is 9.08. The van der Waals surface area contributed by atoms with Crippen molar-refractivity contribution in [1.29, 1.82) is 0 Å². The highest BCUT2D eigenvalue weighted by Crippen LogP contribution is 2.22. The molecule has 1 atom stereocenters. The van der Waals surface area contributed by atoms with E-state index in [1.807, 2.05) is 31.2 Å². The van der Waals surface area contributed by atoms with Crippen LogP contribution >= 0.6 is 22.9 Å². The van der Waals surface area contributed by atoms with Crippen LogP contribution in [0.3, 0.4) is 0 Å². The highest BCUT2D eigenvalue weighted by atomic mass is 35.5. The standard InChI is InChI=1S/C13H13ClN2O2S/c1-8(10-4-2-3-5-11(10)14)15-6-9-7-19-12(16-9)13(17)18/h2-5,7-8,15H,6H2,1H3,(H,17,18)/t8-/m0/s1. The molecular weight excluding hydrogens is 284 g/mol. The van der Waals surface area contributed by atoms with Crippen LogP contribution in [0.2, 0.25) is 5.02 Å². The number of carboxylic acids is 1. The van der Waals surface area contributed by atoms with E-state index in [4.69, 9.17) is 16.7 Å². The lowest BCUT2D eigenvalue weighted by atomic mass is 10.1. The second-order valence-corrected chi connectivity index (χ2v) is 5.34. The number of thiazole rings is 1. The Morgan fingerprint density at radius 3 is 2.89 bits per heavy atom. The van der Waals surface area contributed by atoms with Gasteiger partial charge in [0, 0.05) is 23.0 Å². The van der Waals surface area contributed by atoms with E-state index >= 15 is 0 Å². The minimum Gasteiger partial charge on any atom is -0.476 e. The Balaban J connectivity index is 1.98. The number of rotatable bonds is 5. The minimum absolute atomic E-state index is 0.0729. The fraction of sp³-hybridized carbons (Fsp3) is 0.231. The van der Waals surface area contributed by atoms with Crippen molar-refractivity contribution in [2.45, 2.75) is 19.5 Å². The number of carbonyl (C=O) groups is 1. The lowest BCUT2D eigenvalue weighted by Gasteiger charge is -2.14. The molecule has 1 aromatic heterocycles. The topological polar surface area (TPSA) is 62.2 Å². The molecule has 0 saturated carbocycles. The molecule has 6 heteroatoms. The third kappa shape index (κ3) is 3.53. The second-order valence-electron chi connectivity index (χ2n) is 4.07. The number of aromatic nitrogens is 1. The van der Waals surface area contributed by atoms with Gasteiger partial charge in [-0.3, -0.25) is 0 Å². The first kappa shape index (κ1) is 14.0. The largest absolute Gasteiger partial charge is 0.476 e. The van der Waals surface area contributed by atoms with Gasteiger partial charge in [-0.15, -0.1) is 11.3 Å². The molecule has 2 N–H and O–H groups in total. The first-order valence-corrected chi connectivity index (χ1v) is 6.99. The summed E-state index contributed by atoms with van der Waals surface area (Å²) in [7, 11) is 0. The third-order valence-corrected chi connectivity index (χ3v) is 3.92. The molecule has 1 heterocycles. The van der Waals surface area contributed by atoms with Crippen LogP contribution in [0.1, 0.15) is 34.0 Å². The summed E-state index contributed by atoms with van der Waals surface area (Å²) in [5.74, 6) is -0.990. The molecule has 0 aliphatic carbocycles. The summed E-state index contributed by atoms with van der Waals surface area (Å²) in [6.45, 7) is 2.52. The molecule has 2 aromatic rings. The molecular formula is C13H13ClN2O2S. The Bertz CT molecular complexity index is 586. The Hall–Kier alpha value is -1.43. The van der Waals surface area contributed by atoms with E-state index in [2.05, 4.69) is 10.3 Å². The van der Waals surface area contributed by atoms with Crippen LogP contribution in [0, 0.1) is 0 Å². The predicted octanol–water partition coefficient (Wildman–Crippen LogP) is 3.35. The number of carboxylic acid groups (broad SMARTS) is 1. The highest BCUT2D eigenvalue weighted by Gasteiger charge is 2.11. The van der Waals surface area contributed by atoms with E-state index in [1.165, 1.54) is 0 Å². The minimum atomic E-state index is -0.990. The summed E-state index contributed by atoms with van der Waals surface area (Å²) in [5.41, 5.74) is 1.74. The van der Waals surface area contributed by atoms with Gasteiger partial charge in [-0.05, 0) is 18.6 Å². The molecule has 2 rings (SSSR count). The number of benzene rings is 1. The van der Waals surface area contributed by atoms with Crippen LogP contribution in [0.25, 0.3) is 0 Å². The van der Waals surface area contributed by atoms with E-state index in [0.717, 1.165) is 22.6 Å². The lowest BCUT2D eigenvalue weighted by molar-refractivity contribution is 0.0696. The van der Waals surface area contributed by atoms with Gasteiger partial charge in [0.25, 0.3) is 0 Å². The maximum atomic E-state index is 10.7. The summed E-state index contributed by atoms with van der Waals surface area (Å²) in [4.78, 5) is 14.7. The van der Waals surface area contributed by atoms with Crippen molar-refractivity contribution in [2.75, 3.05) is 0 Å². The summed E-state index contributed by atoms with van der Waals surface area (Å²) in [6, 6.07) is 7.70. The van der Waals surface area contributed by atoms with Crippen molar-refractivity contribution in [3.8, 4) is 0 Å². The first-order valence-electron chi connectivity index (χ1n) is 5.73. The van der Waals surface area contributed by atoms with Gasteiger partial charge >= 0.3 is 5.97 Å². The zero-order chi connectivity index (χ0) is 13.8. The van der Waals surface area contributed by atoms with Crippen molar-refractivity contribution >= 4 is 28.9 Å². The molecule has 0 aliphatic rings. The molecule has 0 aliphatic heterocycles. The molecule has 0 amide bonds. The van der Waals surface area contributed by atoms with Gasteiger partial charge in [-0.2, -0.15) is 0 Å². The van der Waals surface area contributed by atoms with Crippen molar-refractivity contribution in [3.63, 3.8) is 0 Å². The number of hydrogen-bond donors (Lipinski definition) is 2. The fourth-order valence-electron chi connectivity index (χ4n) is 1.68. The zero-order valence-corrected chi connectivity index (χ0v) is 11.8. The fourth-order valence-corrected chi connectivity index (χ4v) is 2.63. The van der Waals surface area contributed by atoms with Gasteiger partial charge in [0.2, 0.25) is 5.01 Å². The number of hydrogen-bond acceptors (Lipinski definition) is 4.